The predicted molar refractivity (Wildman–Crippen MR) is 73.5 cm³/mol. The molecule has 1 heterocycles. The summed E-state index contributed by atoms with van der Waals surface area (Å²) < 4.78 is 0. The van der Waals surface area contributed by atoms with E-state index in [1.54, 1.807) is 0 Å². The fraction of sp³-hybridized carbons (Fsp3) is 0.357. The minimum atomic E-state index is -0.00346. The van der Waals surface area contributed by atoms with E-state index in [4.69, 9.17) is 0 Å². The number of para-hydroxylation sites is 1. The Morgan fingerprint density at radius 2 is 1.94 bits per heavy atom. The quantitative estimate of drug-likeness (QED) is 0.602. The molecular weight excluding hydrogens is 210 g/mol. The molecule has 1 aromatic heterocycles. The Balaban J connectivity index is 2.32. The highest BCUT2D eigenvalue weighted by Gasteiger charge is 2.08. The number of H-pyrrole nitrogens is 1. The SMILES string of the molecule is Cc1[nH]c2ccccc2c1C=NNC(C)(C)C. The molecule has 0 saturated carbocycles. The van der Waals surface area contributed by atoms with Crippen molar-refractivity contribution in [3.8, 4) is 0 Å². The lowest BCUT2D eigenvalue weighted by atomic mass is 10.1. The summed E-state index contributed by atoms with van der Waals surface area (Å²) in [5.74, 6) is 0. The first-order valence-corrected chi connectivity index (χ1v) is 5.85. The largest absolute Gasteiger partial charge is 0.358 e. The molecule has 0 bridgehead atoms. The Morgan fingerprint density at radius 1 is 1.24 bits per heavy atom. The van der Waals surface area contributed by atoms with Crippen LogP contribution in [0.1, 0.15) is 32.0 Å². The number of hydrazone groups is 1. The summed E-state index contributed by atoms with van der Waals surface area (Å²) >= 11 is 0. The number of aryl methyl sites for hydroxylation is 1. The van der Waals surface area contributed by atoms with E-state index in [1.807, 2.05) is 18.3 Å². The number of benzene rings is 1. The van der Waals surface area contributed by atoms with Crippen molar-refractivity contribution >= 4 is 17.1 Å². The van der Waals surface area contributed by atoms with Crippen molar-refractivity contribution in [1.82, 2.24) is 10.4 Å². The Hall–Kier alpha value is -1.77. The van der Waals surface area contributed by atoms with Crippen molar-refractivity contribution in [2.45, 2.75) is 33.2 Å². The van der Waals surface area contributed by atoms with Crippen LogP contribution < -0.4 is 5.43 Å². The summed E-state index contributed by atoms with van der Waals surface area (Å²) in [6.07, 6.45) is 1.89. The Labute approximate surface area is 102 Å². The maximum absolute atomic E-state index is 4.30. The average molecular weight is 229 g/mol. The Bertz CT molecular complexity index is 544. The van der Waals surface area contributed by atoms with Gasteiger partial charge in [0.2, 0.25) is 0 Å². The molecule has 17 heavy (non-hydrogen) atoms. The molecule has 0 spiro atoms. The fourth-order valence-electron chi connectivity index (χ4n) is 1.76. The molecule has 0 amide bonds. The van der Waals surface area contributed by atoms with Gasteiger partial charge in [-0.25, -0.2) is 0 Å². The summed E-state index contributed by atoms with van der Waals surface area (Å²) in [4.78, 5) is 3.36. The average Bonchev–Trinajstić information content (AvgIpc) is 2.54. The monoisotopic (exact) mass is 229 g/mol. The molecule has 0 fully saturated rings. The van der Waals surface area contributed by atoms with E-state index in [-0.39, 0.29) is 5.54 Å². The first kappa shape index (κ1) is 11.7. The molecular formula is C14H19N3. The van der Waals surface area contributed by atoms with Gasteiger partial charge in [0.05, 0.1) is 6.21 Å². The number of nitrogens with zero attached hydrogens (tertiary/aromatic N) is 1. The molecule has 3 nitrogen and oxygen atoms in total. The van der Waals surface area contributed by atoms with Crippen molar-refractivity contribution in [2.75, 3.05) is 0 Å². The molecule has 2 aromatic rings. The molecule has 0 aliphatic rings. The van der Waals surface area contributed by atoms with Gasteiger partial charge in [0, 0.05) is 27.7 Å². The molecule has 2 rings (SSSR count). The molecule has 1 aromatic carbocycles. The van der Waals surface area contributed by atoms with E-state index >= 15 is 0 Å². The minimum Gasteiger partial charge on any atom is -0.358 e. The number of nitrogens with one attached hydrogen (secondary N) is 2. The van der Waals surface area contributed by atoms with Crippen LogP contribution >= 0.6 is 0 Å². The highest BCUT2D eigenvalue weighted by molar-refractivity contribution is 6.00. The van der Waals surface area contributed by atoms with Gasteiger partial charge in [0.1, 0.15) is 0 Å². The van der Waals surface area contributed by atoms with E-state index in [2.05, 4.69) is 55.3 Å². The molecule has 3 heteroatoms. The summed E-state index contributed by atoms with van der Waals surface area (Å²) in [6, 6.07) is 8.27. The van der Waals surface area contributed by atoms with Gasteiger partial charge in [-0.2, -0.15) is 5.10 Å². The first-order valence-electron chi connectivity index (χ1n) is 5.85. The van der Waals surface area contributed by atoms with E-state index < -0.39 is 0 Å². The number of hydrogen-bond donors (Lipinski definition) is 2. The van der Waals surface area contributed by atoms with Crippen LogP contribution in [0.4, 0.5) is 0 Å². The standard InChI is InChI=1S/C14H19N3/c1-10-12(9-15-17-14(2,3)4)11-7-5-6-8-13(11)16-10/h5-9,16-17H,1-4H3. The summed E-state index contributed by atoms with van der Waals surface area (Å²) in [7, 11) is 0. The van der Waals surface area contributed by atoms with Gasteiger partial charge in [-0.05, 0) is 33.8 Å². The lowest BCUT2D eigenvalue weighted by molar-refractivity contribution is 0.442. The van der Waals surface area contributed by atoms with Gasteiger partial charge in [0.25, 0.3) is 0 Å². The van der Waals surface area contributed by atoms with Crippen LogP contribution in [0.15, 0.2) is 29.4 Å². The van der Waals surface area contributed by atoms with Gasteiger partial charge in [-0.15, -0.1) is 0 Å². The lowest BCUT2D eigenvalue weighted by Crippen LogP contribution is -2.31. The van der Waals surface area contributed by atoms with Gasteiger partial charge >= 0.3 is 0 Å². The summed E-state index contributed by atoms with van der Waals surface area (Å²) in [5, 5.41) is 5.51. The van der Waals surface area contributed by atoms with Crippen LogP contribution in [0.2, 0.25) is 0 Å². The molecule has 0 aliphatic heterocycles. The van der Waals surface area contributed by atoms with Crippen LogP contribution in [0.25, 0.3) is 10.9 Å². The second-order valence-electron chi connectivity index (χ2n) is 5.33. The number of hydrogen-bond acceptors (Lipinski definition) is 2. The minimum absolute atomic E-state index is 0.00346. The molecule has 0 saturated heterocycles. The van der Waals surface area contributed by atoms with Crippen molar-refractivity contribution in [3.05, 3.63) is 35.5 Å². The van der Waals surface area contributed by atoms with Crippen LogP contribution in [-0.4, -0.2) is 16.7 Å². The molecule has 2 N–H and O–H groups in total. The third kappa shape index (κ3) is 2.67. The zero-order valence-electron chi connectivity index (χ0n) is 10.8. The number of fused-ring (bicyclic) bond motifs is 1. The van der Waals surface area contributed by atoms with Gasteiger partial charge in [0.15, 0.2) is 0 Å². The maximum Gasteiger partial charge on any atom is 0.0564 e. The highest BCUT2D eigenvalue weighted by Crippen LogP contribution is 2.19. The predicted octanol–water partition coefficient (Wildman–Crippen LogP) is 3.20. The Kier molecular flexibility index (Phi) is 2.92. The van der Waals surface area contributed by atoms with Crippen LogP contribution in [0.3, 0.4) is 0 Å². The second-order valence-corrected chi connectivity index (χ2v) is 5.33. The smallest absolute Gasteiger partial charge is 0.0564 e. The summed E-state index contributed by atoms with van der Waals surface area (Å²) in [6.45, 7) is 8.34. The second kappa shape index (κ2) is 4.24. The van der Waals surface area contributed by atoms with E-state index in [1.165, 1.54) is 5.39 Å². The number of rotatable bonds is 2. The van der Waals surface area contributed by atoms with Gasteiger partial charge < -0.3 is 10.4 Å². The van der Waals surface area contributed by atoms with Gasteiger partial charge in [-0.3, -0.25) is 0 Å². The van der Waals surface area contributed by atoms with E-state index in [0.29, 0.717) is 0 Å². The van der Waals surface area contributed by atoms with Crippen molar-refractivity contribution < 1.29 is 0 Å². The number of aromatic amines is 1. The third-order valence-electron chi connectivity index (χ3n) is 2.54. The highest BCUT2D eigenvalue weighted by atomic mass is 15.3. The molecule has 0 unspecified atom stereocenters. The maximum atomic E-state index is 4.30. The first-order chi connectivity index (χ1) is 7.97. The van der Waals surface area contributed by atoms with Crippen LogP contribution in [-0.2, 0) is 0 Å². The van der Waals surface area contributed by atoms with Crippen LogP contribution in [0.5, 0.6) is 0 Å². The molecule has 0 aliphatic carbocycles. The van der Waals surface area contributed by atoms with Crippen molar-refractivity contribution in [1.29, 1.82) is 0 Å². The van der Waals surface area contributed by atoms with Crippen molar-refractivity contribution in [2.24, 2.45) is 5.10 Å². The molecule has 0 radical (unpaired) electrons. The summed E-state index contributed by atoms with van der Waals surface area (Å²) in [5.41, 5.74) is 6.55. The zero-order valence-corrected chi connectivity index (χ0v) is 10.8. The molecule has 90 valence electrons. The van der Waals surface area contributed by atoms with E-state index in [0.717, 1.165) is 16.8 Å². The third-order valence-corrected chi connectivity index (χ3v) is 2.54. The fourth-order valence-corrected chi connectivity index (χ4v) is 1.76. The normalized spacial score (nSPS) is 12.5. The van der Waals surface area contributed by atoms with E-state index in [9.17, 15) is 0 Å². The Morgan fingerprint density at radius 3 is 2.65 bits per heavy atom. The lowest BCUT2D eigenvalue weighted by Gasteiger charge is -2.16. The van der Waals surface area contributed by atoms with Crippen LogP contribution in [0, 0.1) is 6.92 Å². The van der Waals surface area contributed by atoms with Gasteiger partial charge in [-0.1, -0.05) is 18.2 Å². The topological polar surface area (TPSA) is 40.2 Å². The van der Waals surface area contributed by atoms with Crippen molar-refractivity contribution in [3.63, 3.8) is 0 Å². The molecule has 0 atom stereocenters. The number of aromatic nitrogens is 1. The zero-order chi connectivity index (χ0) is 12.5.